The number of hydrogen-bond acceptors (Lipinski definition) is 3. The number of rotatable bonds is 3. The average Bonchev–Trinajstić information content (AvgIpc) is 2.85. The second kappa shape index (κ2) is 6.77. The van der Waals surface area contributed by atoms with E-state index in [9.17, 15) is 14.7 Å². The Bertz CT molecular complexity index is 945. The van der Waals surface area contributed by atoms with Gasteiger partial charge in [0.1, 0.15) is 11.3 Å². The van der Waals surface area contributed by atoms with Gasteiger partial charge < -0.3 is 10.0 Å². The molecular weight excluding hydrogens is 314 g/mol. The molecule has 4 heteroatoms. The summed E-state index contributed by atoms with van der Waals surface area (Å²) < 4.78 is 0. The maximum Gasteiger partial charge on any atom is 0.261 e. The molecule has 0 radical (unpaired) electrons. The van der Waals surface area contributed by atoms with E-state index in [0.717, 1.165) is 21.9 Å². The van der Waals surface area contributed by atoms with Gasteiger partial charge in [0.15, 0.2) is 5.78 Å². The van der Waals surface area contributed by atoms with Gasteiger partial charge in [-0.2, -0.15) is 0 Å². The van der Waals surface area contributed by atoms with Gasteiger partial charge in [-0.25, -0.2) is 0 Å². The van der Waals surface area contributed by atoms with Crippen molar-refractivity contribution in [2.45, 2.75) is 6.92 Å². The first-order chi connectivity index (χ1) is 12.0. The third-order valence-corrected chi connectivity index (χ3v) is 4.19. The summed E-state index contributed by atoms with van der Waals surface area (Å²) in [7, 11) is 1.54. The number of likely N-dealkylation sites (tertiary alicyclic amines) is 1. The standard InChI is InChI=1S/C21H19NO3/c1-14(10-11-18(23)20-19(24)13-22(2)21(20)25)12-16-8-5-7-15-6-3-4-9-17(15)16/h3-12,23H,13H2,1-2H3/b11-10+,14-12+,20-18?. The molecule has 1 aliphatic rings. The molecule has 2 aromatic carbocycles. The minimum Gasteiger partial charge on any atom is -0.507 e. The molecular formula is C21H19NO3. The molecule has 25 heavy (non-hydrogen) atoms. The summed E-state index contributed by atoms with van der Waals surface area (Å²) in [5.41, 5.74) is 1.83. The Labute approximate surface area is 146 Å². The molecule has 0 unspecified atom stereocenters. The zero-order chi connectivity index (χ0) is 18.0. The van der Waals surface area contributed by atoms with Crippen molar-refractivity contribution in [1.29, 1.82) is 0 Å². The summed E-state index contributed by atoms with van der Waals surface area (Å²) in [5, 5.41) is 12.4. The molecule has 3 rings (SSSR count). The minimum absolute atomic E-state index is 0.0108. The lowest BCUT2D eigenvalue weighted by molar-refractivity contribution is -0.123. The number of hydrogen-bond donors (Lipinski definition) is 1. The van der Waals surface area contributed by atoms with E-state index in [1.807, 2.05) is 37.3 Å². The SMILES string of the molecule is CC(/C=C/C(O)=C1C(=O)CN(C)C1=O)=C\c1cccc2ccccc12. The van der Waals surface area contributed by atoms with Gasteiger partial charge >= 0.3 is 0 Å². The van der Waals surface area contributed by atoms with Crippen LogP contribution >= 0.6 is 0 Å². The van der Waals surface area contributed by atoms with Gasteiger partial charge in [-0.1, -0.05) is 60.2 Å². The van der Waals surface area contributed by atoms with E-state index in [-0.39, 0.29) is 23.7 Å². The molecule has 0 atom stereocenters. The van der Waals surface area contributed by atoms with E-state index in [1.54, 1.807) is 6.08 Å². The maximum atomic E-state index is 11.9. The highest BCUT2D eigenvalue weighted by atomic mass is 16.3. The van der Waals surface area contributed by atoms with Crippen LogP contribution in [-0.4, -0.2) is 35.3 Å². The third kappa shape index (κ3) is 3.38. The number of ketones is 1. The quantitative estimate of drug-likeness (QED) is 0.404. The Kier molecular flexibility index (Phi) is 4.52. The van der Waals surface area contributed by atoms with E-state index in [2.05, 4.69) is 18.2 Å². The monoisotopic (exact) mass is 333 g/mol. The number of aliphatic hydroxyl groups excluding tert-OH is 1. The number of fused-ring (bicyclic) bond motifs is 1. The van der Waals surface area contributed by atoms with Crippen molar-refractivity contribution in [1.82, 2.24) is 4.90 Å². The fraction of sp³-hybridized carbons (Fsp3) is 0.143. The van der Waals surface area contributed by atoms with Crippen molar-refractivity contribution in [3.8, 4) is 0 Å². The predicted molar refractivity (Wildman–Crippen MR) is 99.0 cm³/mol. The minimum atomic E-state index is -0.442. The molecule has 2 aromatic rings. The van der Waals surface area contributed by atoms with Crippen LogP contribution in [-0.2, 0) is 9.59 Å². The highest BCUT2D eigenvalue weighted by Gasteiger charge is 2.33. The van der Waals surface area contributed by atoms with Gasteiger partial charge in [-0.05, 0) is 29.3 Å². The number of benzene rings is 2. The van der Waals surface area contributed by atoms with Gasteiger partial charge in [-0.15, -0.1) is 0 Å². The lowest BCUT2D eigenvalue weighted by Gasteiger charge is -2.04. The number of carbonyl (C=O) groups excluding carboxylic acids is 2. The van der Waals surface area contributed by atoms with Crippen LogP contribution in [0, 0.1) is 0 Å². The van der Waals surface area contributed by atoms with Crippen LogP contribution in [0.25, 0.3) is 16.8 Å². The Morgan fingerprint density at radius 3 is 2.52 bits per heavy atom. The largest absolute Gasteiger partial charge is 0.507 e. The zero-order valence-electron chi connectivity index (χ0n) is 14.2. The molecule has 126 valence electrons. The van der Waals surface area contributed by atoms with Crippen LogP contribution in [0.4, 0.5) is 0 Å². The van der Waals surface area contributed by atoms with Crippen molar-refractivity contribution in [2.75, 3.05) is 13.6 Å². The van der Waals surface area contributed by atoms with Crippen LogP contribution in [0.1, 0.15) is 12.5 Å². The van der Waals surface area contributed by atoms with Crippen LogP contribution in [0.3, 0.4) is 0 Å². The Morgan fingerprint density at radius 2 is 1.80 bits per heavy atom. The van der Waals surface area contributed by atoms with Gasteiger partial charge in [0.25, 0.3) is 5.91 Å². The lowest BCUT2D eigenvalue weighted by atomic mass is 10.0. The molecule has 0 aromatic heterocycles. The van der Waals surface area contributed by atoms with E-state index >= 15 is 0 Å². The molecule has 1 saturated heterocycles. The normalized spacial score (nSPS) is 17.8. The molecule has 1 amide bonds. The number of amides is 1. The van der Waals surface area contributed by atoms with Crippen molar-refractivity contribution >= 4 is 28.5 Å². The molecule has 1 aliphatic heterocycles. The zero-order valence-corrected chi connectivity index (χ0v) is 14.2. The number of aliphatic hydroxyl groups is 1. The number of allylic oxidation sites excluding steroid dienone is 3. The number of nitrogens with zero attached hydrogens (tertiary/aromatic N) is 1. The van der Waals surface area contributed by atoms with Crippen LogP contribution in [0.2, 0.25) is 0 Å². The number of likely N-dealkylation sites (N-methyl/N-ethyl adjacent to an activating group) is 1. The molecule has 4 nitrogen and oxygen atoms in total. The van der Waals surface area contributed by atoms with E-state index in [0.29, 0.717) is 0 Å². The molecule has 1 fully saturated rings. The maximum absolute atomic E-state index is 11.9. The second-order valence-electron chi connectivity index (χ2n) is 6.13. The average molecular weight is 333 g/mol. The van der Waals surface area contributed by atoms with Crippen molar-refractivity contribution in [3.05, 3.63) is 77.1 Å². The first-order valence-electron chi connectivity index (χ1n) is 8.03. The van der Waals surface area contributed by atoms with Crippen LogP contribution in [0.5, 0.6) is 0 Å². The fourth-order valence-electron chi connectivity index (χ4n) is 2.89. The molecule has 0 spiro atoms. The summed E-state index contributed by atoms with van der Waals surface area (Å²) in [6, 6.07) is 14.2. The summed E-state index contributed by atoms with van der Waals surface area (Å²) in [4.78, 5) is 25.0. The predicted octanol–water partition coefficient (Wildman–Crippen LogP) is 3.65. The van der Waals surface area contributed by atoms with E-state index < -0.39 is 5.91 Å². The molecule has 1 heterocycles. The van der Waals surface area contributed by atoms with E-state index in [1.165, 1.54) is 18.0 Å². The van der Waals surface area contributed by atoms with Crippen LogP contribution in [0.15, 0.2) is 71.5 Å². The Balaban J connectivity index is 1.90. The molecule has 1 N–H and O–H groups in total. The summed E-state index contributed by atoms with van der Waals surface area (Å²) in [5.74, 6) is -1.09. The topological polar surface area (TPSA) is 57.6 Å². The van der Waals surface area contributed by atoms with Gasteiger partial charge in [-0.3, -0.25) is 9.59 Å². The van der Waals surface area contributed by atoms with Crippen molar-refractivity contribution in [2.24, 2.45) is 0 Å². The lowest BCUT2D eigenvalue weighted by Crippen LogP contribution is -2.19. The Hall–Kier alpha value is -3.14. The smallest absolute Gasteiger partial charge is 0.261 e. The number of carbonyl (C=O) groups is 2. The van der Waals surface area contributed by atoms with E-state index in [4.69, 9.17) is 0 Å². The van der Waals surface area contributed by atoms with Gasteiger partial charge in [0.05, 0.1) is 6.54 Å². The van der Waals surface area contributed by atoms with Crippen molar-refractivity contribution in [3.63, 3.8) is 0 Å². The molecule has 0 aliphatic carbocycles. The van der Waals surface area contributed by atoms with Gasteiger partial charge in [0.2, 0.25) is 0 Å². The fourth-order valence-corrected chi connectivity index (χ4v) is 2.89. The van der Waals surface area contributed by atoms with Gasteiger partial charge in [0, 0.05) is 7.05 Å². The molecule has 0 bridgehead atoms. The highest BCUT2D eigenvalue weighted by Crippen LogP contribution is 2.21. The first-order valence-corrected chi connectivity index (χ1v) is 8.03. The second-order valence-corrected chi connectivity index (χ2v) is 6.13. The summed E-state index contributed by atoms with van der Waals surface area (Å²) in [6.45, 7) is 1.91. The third-order valence-electron chi connectivity index (χ3n) is 4.19. The first kappa shape index (κ1) is 16.7. The summed E-state index contributed by atoms with van der Waals surface area (Å²) >= 11 is 0. The number of Topliss-reactive ketones (excluding diaryl/α,β-unsaturated/α-hetero) is 1. The Morgan fingerprint density at radius 1 is 1.08 bits per heavy atom. The summed E-state index contributed by atoms with van der Waals surface area (Å²) in [6.07, 6.45) is 5.10. The molecule has 0 saturated carbocycles. The van der Waals surface area contributed by atoms with Crippen molar-refractivity contribution < 1.29 is 14.7 Å². The van der Waals surface area contributed by atoms with Crippen LogP contribution < -0.4 is 0 Å². The highest BCUT2D eigenvalue weighted by molar-refractivity contribution is 6.25.